The first-order valence-corrected chi connectivity index (χ1v) is 6.52. The minimum absolute atomic E-state index is 0.925. The van der Waals surface area contributed by atoms with Gasteiger partial charge in [0.25, 0.3) is 0 Å². The van der Waals surface area contributed by atoms with Gasteiger partial charge in [-0.3, -0.25) is 0 Å². The monoisotopic (exact) mass is 207 g/mol. The summed E-state index contributed by atoms with van der Waals surface area (Å²) in [5.74, 6) is 4.62. The Hall–Kier alpha value is -0.480. The Labute approximate surface area is 95.0 Å². The van der Waals surface area contributed by atoms with Gasteiger partial charge in [-0.25, -0.2) is 0 Å². The van der Waals surface area contributed by atoms with Crippen LogP contribution in [-0.4, -0.2) is 13.1 Å². The van der Waals surface area contributed by atoms with Crippen LogP contribution in [0.15, 0.2) is 0 Å². The fourth-order valence-corrected chi connectivity index (χ4v) is 2.69. The van der Waals surface area contributed by atoms with E-state index in [9.17, 15) is 0 Å². The maximum Gasteiger partial charge on any atom is 0.00861 e. The molecule has 1 saturated carbocycles. The second kappa shape index (κ2) is 7.77. The number of hydrogen-bond donors (Lipinski definition) is 1. The molecule has 0 saturated heterocycles. The first-order valence-electron chi connectivity index (χ1n) is 6.52. The maximum absolute atomic E-state index is 5.28. The Kier molecular flexibility index (Phi) is 6.52. The van der Waals surface area contributed by atoms with Crippen molar-refractivity contribution in [3.8, 4) is 12.3 Å². The minimum Gasteiger partial charge on any atom is -0.316 e. The topological polar surface area (TPSA) is 12.0 Å². The van der Waals surface area contributed by atoms with Crippen molar-refractivity contribution in [2.24, 2.45) is 11.8 Å². The molecule has 1 rings (SSSR count). The van der Waals surface area contributed by atoms with Crippen LogP contribution in [0, 0.1) is 24.2 Å². The molecular weight excluding hydrogens is 182 g/mol. The van der Waals surface area contributed by atoms with Crippen LogP contribution in [-0.2, 0) is 0 Å². The van der Waals surface area contributed by atoms with Crippen molar-refractivity contribution in [2.75, 3.05) is 13.1 Å². The smallest absolute Gasteiger partial charge is 0.00861 e. The summed E-state index contributed by atoms with van der Waals surface area (Å²) in [6, 6.07) is 0. The van der Waals surface area contributed by atoms with Gasteiger partial charge in [0, 0.05) is 6.42 Å². The van der Waals surface area contributed by atoms with Crippen molar-refractivity contribution in [3.63, 3.8) is 0 Å². The van der Waals surface area contributed by atoms with E-state index in [4.69, 9.17) is 6.42 Å². The Morgan fingerprint density at radius 1 is 1.33 bits per heavy atom. The van der Waals surface area contributed by atoms with Crippen molar-refractivity contribution in [3.05, 3.63) is 0 Å². The van der Waals surface area contributed by atoms with Crippen molar-refractivity contribution in [1.29, 1.82) is 0 Å². The highest BCUT2D eigenvalue weighted by Crippen LogP contribution is 2.34. The third kappa shape index (κ3) is 4.71. The molecule has 15 heavy (non-hydrogen) atoms. The molecule has 1 nitrogen and oxygen atoms in total. The van der Waals surface area contributed by atoms with Gasteiger partial charge in [0.1, 0.15) is 0 Å². The van der Waals surface area contributed by atoms with E-state index in [2.05, 4.69) is 18.2 Å². The van der Waals surface area contributed by atoms with Gasteiger partial charge in [0.05, 0.1) is 0 Å². The number of rotatable bonds is 7. The van der Waals surface area contributed by atoms with Gasteiger partial charge in [0.2, 0.25) is 0 Å². The molecule has 0 aromatic carbocycles. The van der Waals surface area contributed by atoms with Crippen LogP contribution in [0.3, 0.4) is 0 Å². The molecule has 0 aromatic rings. The van der Waals surface area contributed by atoms with E-state index in [1.165, 1.54) is 51.6 Å². The molecule has 0 aromatic heterocycles. The maximum atomic E-state index is 5.28. The van der Waals surface area contributed by atoms with Crippen LogP contribution in [0.5, 0.6) is 0 Å². The van der Waals surface area contributed by atoms with Gasteiger partial charge >= 0.3 is 0 Å². The second-order valence-electron chi connectivity index (χ2n) is 4.75. The van der Waals surface area contributed by atoms with Gasteiger partial charge in [-0.1, -0.05) is 19.8 Å². The zero-order chi connectivity index (χ0) is 10.9. The molecule has 1 N–H and O–H groups in total. The van der Waals surface area contributed by atoms with Crippen molar-refractivity contribution in [2.45, 2.75) is 51.9 Å². The molecule has 1 heteroatoms. The Morgan fingerprint density at radius 3 is 2.87 bits per heavy atom. The molecule has 2 unspecified atom stereocenters. The van der Waals surface area contributed by atoms with Crippen LogP contribution in [0.1, 0.15) is 51.9 Å². The summed E-state index contributed by atoms with van der Waals surface area (Å²) in [4.78, 5) is 0. The predicted molar refractivity (Wildman–Crippen MR) is 66.7 cm³/mol. The van der Waals surface area contributed by atoms with Gasteiger partial charge in [-0.2, -0.15) is 0 Å². The normalized spacial score (nSPS) is 25.3. The lowest BCUT2D eigenvalue weighted by atomic mass is 9.91. The van der Waals surface area contributed by atoms with E-state index in [0.29, 0.717) is 0 Å². The zero-order valence-corrected chi connectivity index (χ0v) is 10.1. The van der Waals surface area contributed by atoms with Gasteiger partial charge in [-0.15, -0.1) is 12.3 Å². The summed E-state index contributed by atoms with van der Waals surface area (Å²) < 4.78 is 0. The summed E-state index contributed by atoms with van der Waals surface area (Å²) in [6.07, 6.45) is 14.4. The molecule has 0 amide bonds. The molecule has 1 fully saturated rings. The van der Waals surface area contributed by atoms with E-state index in [-0.39, 0.29) is 0 Å². The Bertz CT molecular complexity index is 192. The molecule has 1 aliphatic rings. The van der Waals surface area contributed by atoms with Crippen molar-refractivity contribution in [1.82, 2.24) is 5.32 Å². The number of terminal acetylenes is 1. The number of hydrogen-bond acceptors (Lipinski definition) is 1. The molecule has 86 valence electrons. The lowest BCUT2D eigenvalue weighted by molar-refractivity contribution is 0.342. The fraction of sp³-hybridized carbons (Fsp3) is 0.857. The van der Waals surface area contributed by atoms with Crippen LogP contribution >= 0.6 is 0 Å². The van der Waals surface area contributed by atoms with Gasteiger partial charge < -0.3 is 5.32 Å². The van der Waals surface area contributed by atoms with Crippen molar-refractivity contribution >= 4 is 0 Å². The quantitative estimate of drug-likeness (QED) is 0.499. The summed E-state index contributed by atoms with van der Waals surface area (Å²) >= 11 is 0. The van der Waals surface area contributed by atoms with E-state index in [1.807, 2.05) is 0 Å². The third-order valence-electron chi connectivity index (χ3n) is 3.55. The Morgan fingerprint density at radius 2 is 2.13 bits per heavy atom. The summed E-state index contributed by atoms with van der Waals surface area (Å²) in [5, 5.41) is 3.56. The predicted octanol–water partition coefficient (Wildman–Crippen LogP) is 3.21. The highest BCUT2D eigenvalue weighted by atomic mass is 14.9. The highest BCUT2D eigenvalue weighted by molar-refractivity contribution is 4.85. The third-order valence-corrected chi connectivity index (χ3v) is 3.55. The molecule has 0 radical (unpaired) electrons. The average Bonchev–Trinajstić information content (AvgIpc) is 2.67. The van der Waals surface area contributed by atoms with Crippen LogP contribution in [0.4, 0.5) is 0 Å². The SMILES string of the molecule is C#CCCCC1CCCC1CNCCC. The van der Waals surface area contributed by atoms with E-state index < -0.39 is 0 Å². The molecule has 0 heterocycles. The van der Waals surface area contributed by atoms with E-state index >= 15 is 0 Å². The van der Waals surface area contributed by atoms with E-state index in [1.54, 1.807) is 0 Å². The van der Waals surface area contributed by atoms with E-state index in [0.717, 1.165) is 18.3 Å². The van der Waals surface area contributed by atoms with Crippen LogP contribution < -0.4 is 5.32 Å². The van der Waals surface area contributed by atoms with Gasteiger partial charge in [0.15, 0.2) is 0 Å². The largest absolute Gasteiger partial charge is 0.316 e. The zero-order valence-electron chi connectivity index (χ0n) is 10.1. The molecule has 0 bridgehead atoms. The fourth-order valence-electron chi connectivity index (χ4n) is 2.69. The second-order valence-corrected chi connectivity index (χ2v) is 4.75. The van der Waals surface area contributed by atoms with Crippen molar-refractivity contribution < 1.29 is 0 Å². The first-order chi connectivity index (χ1) is 7.38. The van der Waals surface area contributed by atoms with Gasteiger partial charge in [-0.05, 0) is 50.6 Å². The first kappa shape index (κ1) is 12.6. The lowest BCUT2D eigenvalue weighted by Crippen LogP contribution is -2.25. The highest BCUT2D eigenvalue weighted by Gasteiger charge is 2.25. The lowest BCUT2D eigenvalue weighted by Gasteiger charge is -2.19. The molecule has 1 aliphatic carbocycles. The summed E-state index contributed by atoms with van der Waals surface area (Å²) in [7, 11) is 0. The molecule has 0 aliphatic heterocycles. The number of unbranched alkanes of at least 4 members (excludes halogenated alkanes) is 1. The molecular formula is C14H25N. The van der Waals surface area contributed by atoms with Crippen LogP contribution in [0.25, 0.3) is 0 Å². The molecule has 2 atom stereocenters. The Balaban J connectivity index is 2.15. The summed E-state index contributed by atoms with van der Waals surface area (Å²) in [5.41, 5.74) is 0. The minimum atomic E-state index is 0.925. The van der Waals surface area contributed by atoms with Crippen LogP contribution in [0.2, 0.25) is 0 Å². The molecule has 0 spiro atoms. The standard InChI is InChI=1S/C14H25N/c1-3-5-6-8-13-9-7-10-14(13)12-15-11-4-2/h1,13-15H,4-12H2,2H3. The number of nitrogens with one attached hydrogen (secondary N) is 1. The average molecular weight is 207 g/mol. The summed E-state index contributed by atoms with van der Waals surface area (Å²) in [6.45, 7) is 4.63.